The molecule has 0 bridgehead atoms. The Kier molecular flexibility index (Phi) is 7.17. The first kappa shape index (κ1) is 21.8. The van der Waals surface area contributed by atoms with E-state index in [4.69, 9.17) is 0 Å². The molecule has 3 N–H and O–H groups in total. The third-order valence-corrected chi connectivity index (χ3v) is 4.74. The van der Waals surface area contributed by atoms with Crippen molar-refractivity contribution in [1.29, 1.82) is 0 Å². The van der Waals surface area contributed by atoms with Crippen LogP contribution in [0.15, 0.2) is 72.8 Å². The summed E-state index contributed by atoms with van der Waals surface area (Å²) >= 11 is 0. The third-order valence-electron chi connectivity index (χ3n) is 4.74. The first-order chi connectivity index (χ1) is 14.9. The molecule has 0 saturated heterocycles. The van der Waals surface area contributed by atoms with Crippen molar-refractivity contribution in [3.8, 4) is 0 Å². The molecule has 0 radical (unpaired) electrons. The Bertz CT molecular complexity index is 1090. The van der Waals surface area contributed by atoms with Gasteiger partial charge in [0.25, 0.3) is 5.91 Å². The monoisotopic (exact) mass is 415 g/mol. The fourth-order valence-corrected chi connectivity index (χ4v) is 3.00. The molecule has 6 heteroatoms. The van der Waals surface area contributed by atoms with Crippen molar-refractivity contribution in [2.24, 2.45) is 0 Å². The summed E-state index contributed by atoms with van der Waals surface area (Å²) in [7, 11) is 0. The molecule has 0 heterocycles. The number of amides is 2. The zero-order chi connectivity index (χ0) is 22.2. The van der Waals surface area contributed by atoms with E-state index < -0.39 is 0 Å². The molecule has 3 aromatic rings. The molecular formula is C25H25N3O3. The van der Waals surface area contributed by atoms with Crippen molar-refractivity contribution in [2.75, 3.05) is 17.2 Å². The van der Waals surface area contributed by atoms with Crippen LogP contribution in [0.4, 0.5) is 11.4 Å². The highest BCUT2D eigenvalue weighted by molar-refractivity contribution is 6.04. The van der Waals surface area contributed by atoms with Crippen molar-refractivity contribution in [3.05, 3.63) is 95.1 Å². The lowest BCUT2D eigenvalue weighted by molar-refractivity contribution is -0.114. The summed E-state index contributed by atoms with van der Waals surface area (Å²) in [6.07, 6.45) is 0. The maximum atomic E-state index is 12.7. The summed E-state index contributed by atoms with van der Waals surface area (Å²) in [6.45, 7) is 3.90. The van der Waals surface area contributed by atoms with Crippen LogP contribution in [0.3, 0.4) is 0 Å². The zero-order valence-electron chi connectivity index (χ0n) is 17.6. The average Bonchev–Trinajstić information content (AvgIpc) is 2.77. The fraction of sp³-hybridized carbons (Fsp3) is 0.160. The second-order valence-corrected chi connectivity index (χ2v) is 7.25. The molecule has 0 spiro atoms. The molecule has 0 unspecified atom stereocenters. The van der Waals surface area contributed by atoms with Crippen LogP contribution in [0, 0.1) is 6.92 Å². The minimum Gasteiger partial charge on any atom is -0.376 e. The molecule has 0 fully saturated rings. The summed E-state index contributed by atoms with van der Waals surface area (Å²) in [5.41, 5.74) is 4.23. The van der Waals surface area contributed by atoms with Gasteiger partial charge in [-0.15, -0.1) is 0 Å². The van der Waals surface area contributed by atoms with Gasteiger partial charge in [0.05, 0.1) is 17.8 Å². The van der Waals surface area contributed by atoms with E-state index in [2.05, 4.69) is 16.0 Å². The Morgan fingerprint density at radius 3 is 2.35 bits per heavy atom. The van der Waals surface area contributed by atoms with Crippen LogP contribution in [0.5, 0.6) is 0 Å². The van der Waals surface area contributed by atoms with Gasteiger partial charge in [-0.3, -0.25) is 14.4 Å². The second-order valence-electron chi connectivity index (χ2n) is 7.25. The summed E-state index contributed by atoms with van der Waals surface area (Å²) in [5.74, 6) is -0.607. The van der Waals surface area contributed by atoms with Crippen molar-refractivity contribution in [2.45, 2.75) is 20.4 Å². The van der Waals surface area contributed by atoms with Gasteiger partial charge >= 0.3 is 0 Å². The van der Waals surface area contributed by atoms with E-state index in [1.165, 1.54) is 6.92 Å². The van der Waals surface area contributed by atoms with Gasteiger partial charge in [0.1, 0.15) is 0 Å². The third kappa shape index (κ3) is 6.27. The molecule has 158 valence electrons. The Hall–Kier alpha value is -3.93. The number of anilines is 2. The predicted octanol–water partition coefficient (Wildman–Crippen LogP) is 4.18. The fourth-order valence-electron chi connectivity index (χ4n) is 3.00. The highest BCUT2D eigenvalue weighted by atomic mass is 16.2. The number of nitrogens with one attached hydrogen (secondary N) is 3. The smallest absolute Gasteiger partial charge is 0.253 e. The van der Waals surface area contributed by atoms with Crippen LogP contribution < -0.4 is 16.0 Å². The van der Waals surface area contributed by atoms with E-state index in [1.54, 1.807) is 48.5 Å². The van der Waals surface area contributed by atoms with E-state index in [9.17, 15) is 14.4 Å². The molecule has 0 aliphatic carbocycles. The number of hydrogen-bond donors (Lipinski definition) is 3. The molecule has 3 rings (SSSR count). The maximum absolute atomic E-state index is 12.7. The van der Waals surface area contributed by atoms with Gasteiger partial charge in [-0.1, -0.05) is 54.1 Å². The summed E-state index contributed by atoms with van der Waals surface area (Å²) in [5, 5.41) is 8.66. The molecule has 3 aromatic carbocycles. The minimum atomic E-state index is -0.299. The highest BCUT2D eigenvalue weighted by Crippen LogP contribution is 2.16. The lowest BCUT2D eigenvalue weighted by atomic mass is 10.1. The van der Waals surface area contributed by atoms with Gasteiger partial charge in [0.15, 0.2) is 5.78 Å². The molecule has 0 aliphatic heterocycles. The first-order valence-electron chi connectivity index (χ1n) is 10.00. The molecule has 6 nitrogen and oxygen atoms in total. The van der Waals surface area contributed by atoms with Gasteiger partial charge in [-0.25, -0.2) is 0 Å². The van der Waals surface area contributed by atoms with Gasteiger partial charge in [-0.2, -0.15) is 0 Å². The van der Waals surface area contributed by atoms with Crippen molar-refractivity contribution < 1.29 is 14.4 Å². The molecule has 2 amide bonds. The van der Waals surface area contributed by atoms with Crippen LogP contribution in [-0.2, 0) is 11.3 Å². The van der Waals surface area contributed by atoms with E-state index in [0.717, 1.165) is 11.1 Å². The topological polar surface area (TPSA) is 87.3 Å². The van der Waals surface area contributed by atoms with Crippen molar-refractivity contribution in [1.82, 2.24) is 5.32 Å². The second kappa shape index (κ2) is 10.2. The van der Waals surface area contributed by atoms with E-state index in [1.807, 2.05) is 31.2 Å². The SMILES string of the molecule is CC(=O)c1cccc(NCC(=O)Nc2ccccc2C(=O)NCc2ccc(C)cc2)c1. The van der Waals surface area contributed by atoms with E-state index in [-0.39, 0.29) is 24.1 Å². The Morgan fingerprint density at radius 2 is 1.61 bits per heavy atom. The highest BCUT2D eigenvalue weighted by Gasteiger charge is 2.13. The lowest BCUT2D eigenvalue weighted by Gasteiger charge is -2.12. The lowest BCUT2D eigenvalue weighted by Crippen LogP contribution is -2.26. The van der Waals surface area contributed by atoms with Crippen molar-refractivity contribution in [3.63, 3.8) is 0 Å². The van der Waals surface area contributed by atoms with Gasteiger partial charge in [0.2, 0.25) is 5.91 Å². The number of carbonyl (C=O) groups excluding carboxylic acids is 3. The minimum absolute atomic E-state index is 0.000672. The Labute approximate surface area is 181 Å². The van der Waals surface area contributed by atoms with Crippen LogP contribution in [-0.4, -0.2) is 24.1 Å². The number of ketones is 1. The predicted molar refractivity (Wildman–Crippen MR) is 122 cm³/mol. The average molecular weight is 415 g/mol. The van der Waals surface area contributed by atoms with Gasteiger partial charge in [-0.05, 0) is 43.7 Å². The van der Waals surface area contributed by atoms with Crippen LogP contribution in [0.2, 0.25) is 0 Å². The molecule has 0 aromatic heterocycles. The quantitative estimate of drug-likeness (QED) is 0.482. The van der Waals surface area contributed by atoms with E-state index in [0.29, 0.717) is 29.0 Å². The number of benzene rings is 3. The van der Waals surface area contributed by atoms with E-state index >= 15 is 0 Å². The standard InChI is InChI=1S/C25H25N3O3/c1-17-10-12-19(13-11-17)15-27-25(31)22-8-3-4-9-23(22)28-24(30)16-26-21-7-5-6-20(14-21)18(2)29/h3-14,26H,15-16H2,1-2H3,(H,27,31)(H,28,30). The summed E-state index contributed by atoms with van der Waals surface area (Å²) < 4.78 is 0. The number of carbonyl (C=O) groups is 3. The Balaban J connectivity index is 1.59. The first-order valence-corrected chi connectivity index (χ1v) is 10.00. The molecular weight excluding hydrogens is 390 g/mol. The Morgan fingerprint density at radius 1 is 0.871 bits per heavy atom. The maximum Gasteiger partial charge on any atom is 0.253 e. The van der Waals surface area contributed by atoms with Gasteiger partial charge in [0, 0.05) is 17.8 Å². The van der Waals surface area contributed by atoms with Crippen LogP contribution in [0.25, 0.3) is 0 Å². The van der Waals surface area contributed by atoms with Crippen molar-refractivity contribution >= 4 is 29.0 Å². The summed E-state index contributed by atoms with van der Waals surface area (Å²) in [6, 6.07) is 21.8. The van der Waals surface area contributed by atoms with Crippen LogP contribution >= 0.6 is 0 Å². The summed E-state index contributed by atoms with van der Waals surface area (Å²) in [4.78, 5) is 36.6. The molecule has 0 saturated carbocycles. The van der Waals surface area contributed by atoms with Gasteiger partial charge < -0.3 is 16.0 Å². The largest absolute Gasteiger partial charge is 0.376 e. The van der Waals surface area contributed by atoms with Crippen LogP contribution in [0.1, 0.15) is 38.8 Å². The molecule has 0 atom stereocenters. The zero-order valence-corrected chi connectivity index (χ0v) is 17.6. The number of aryl methyl sites for hydroxylation is 1. The molecule has 31 heavy (non-hydrogen) atoms. The normalized spacial score (nSPS) is 10.3. The number of Topliss-reactive ketones (excluding diaryl/α,β-unsaturated/α-hetero) is 1. The number of rotatable bonds is 8. The number of hydrogen-bond acceptors (Lipinski definition) is 4. The molecule has 0 aliphatic rings. The number of para-hydroxylation sites is 1.